The largest absolute Gasteiger partial charge is 0.481 e. The summed E-state index contributed by atoms with van der Waals surface area (Å²) < 4.78 is 0. The molecule has 4 nitrogen and oxygen atoms in total. The molecule has 1 fully saturated rings. The van der Waals surface area contributed by atoms with Crippen LogP contribution in [0.2, 0.25) is 0 Å². The second kappa shape index (κ2) is 6.57. The van der Waals surface area contributed by atoms with Gasteiger partial charge < -0.3 is 10.4 Å². The number of carboxylic acid groups (broad SMARTS) is 1. The number of aliphatic carboxylic acids is 1. The number of carboxylic acids is 1. The molecule has 102 valence electrons. The lowest BCUT2D eigenvalue weighted by atomic mass is 9.79. The lowest BCUT2D eigenvalue weighted by molar-refractivity contribution is -0.140. The maximum atomic E-state index is 11.8. The van der Waals surface area contributed by atoms with E-state index in [0.29, 0.717) is 13.0 Å². The zero-order valence-electron chi connectivity index (χ0n) is 11.3. The van der Waals surface area contributed by atoms with Gasteiger partial charge in [-0.25, -0.2) is 0 Å². The number of carbonyl (C=O) groups excluding carboxylic acids is 1. The topological polar surface area (TPSA) is 66.4 Å². The fourth-order valence-electron chi connectivity index (χ4n) is 2.63. The fourth-order valence-corrected chi connectivity index (χ4v) is 2.63. The summed E-state index contributed by atoms with van der Waals surface area (Å²) in [5, 5.41) is 11.8. The van der Waals surface area contributed by atoms with Crippen LogP contribution < -0.4 is 5.32 Å². The summed E-state index contributed by atoms with van der Waals surface area (Å²) in [4.78, 5) is 22.7. The number of hydrogen-bond donors (Lipinski definition) is 2. The van der Waals surface area contributed by atoms with Crippen LogP contribution >= 0.6 is 0 Å². The Bertz CT molecular complexity index is 337. The molecular formula is C14H23NO3. The van der Waals surface area contributed by atoms with Crippen LogP contribution in [0.15, 0.2) is 11.6 Å². The Balaban J connectivity index is 2.48. The predicted molar refractivity (Wildman–Crippen MR) is 70.2 cm³/mol. The molecule has 1 rings (SSSR count). The molecule has 0 heterocycles. The van der Waals surface area contributed by atoms with Crippen molar-refractivity contribution in [3.05, 3.63) is 11.6 Å². The molecule has 0 spiro atoms. The van der Waals surface area contributed by atoms with Gasteiger partial charge in [0.15, 0.2) is 0 Å². The van der Waals surface area contributed by atoms with E-state index in [0.717, 1.165) is 31.3 Å². The Labute approximate surface area is 108 Å². The lowest BCUT2D eigenvalue weighted by Gasteiger charge is -2.26. The molecule has 1 aliphatic rings. The van der Waals surface area contributed by atoms with Crippen molar-refractivity contribution in [3.8, 4) is 0 Å². The van der Waals surface area contributed by atoms with Crippen molar-refractivity contribution >= 4 is 11.9 Å². The molecule has 0 saturated heterocycles. The summed E-state index contributed by atoms with van der Waals surface area (Å²) in [6.45, 7) is 4.49. The molecule has 0 atom stereocenters. The minimum atomic E-state index is -0.797. The first-order chi connectivity index (χ1) is 8.43. The third kappa shape index (κ3) is 4.90. The fraction of sp³-hybridized carbons (Fsp3) is 0.714. The highest BCUT2D eigenvalue weighted by Crippen LogP contribution is 2.43. The standard InChI is InChI=1S/C14H23NO3/c1-11(2)5-8-15-12(16)9-14(10-13(17)18)6-3-4-7-14/h5H,3-4,6-10H2,1-2H3,(H,15,16)(H,17,18). The van der Waals surface area contributed by atoms with E-state index in [1.807, 2.05) is 19.9 Å². The maximum Gasteiger partial charge on any atom is 0.303 e. The number of allylic oxidation sites excluding steroid dienone is 1. The van der Waals surface area contributed by atoms with Gasteiger partial charge in [0, 0.05) is 13.0 Å². The van der Waals surface area contributed by atoms with E-state index in [9.17, 15) is 9.59 Å². The Kier molecular flexibility index (Phi) is 5.38. The number of amides is 1. The molecule has 1 saturated carbocycles. The summed E-state index contributed by atoms with van der Waals surface area (Å²) in [6, 6.07) is 0. The van der Waals surface area contributed by atoms with Gasteiger partial charge in [0.1, 0.15) is 0 Å². The molecule has 0 aromatic carbocycles. The first-order valence-corrected chi connectivity index (χ1v) is 6.55. The Hall–Kier alpha value is -1.32. The maximum absolute atomic E-state index is 11.8. The van der Waals surface area contributed by atoms with Crippen molar-refractivity contribution in [1.29, 1.82) is 0 Å². The molecule has 1 amide bonds. The average molecular weight is 253 g/mol. The molecule has 0 unspecified atom stereocenters. The van der Waals surface area contributed by atoms with Crippen LogP contribution in [0.25, 0.3) is 0 Å². The van der Waals surface area contributed by atoms with Crippen molar-refractivity contribution < 1.29 is 14.7 Å². The Morgan fingerprint density at radius 1 is 1.22 bits per heavy atom. The zero-order valence-corrected chi connectivity index (χ0v) is 11.3. The van der Waals surface area contributed by atoms with E-state index in [1.165, 1.54) is 0 Å². The molecule has 0 bridgehead atoms. The van der Waals surface area contributed by atoms with Gasteiger partial charge in [-0.05, 0) is 32.1 Å². The van der Waals surface area contributed by atoms with Crippen LogP contribution in [0.5, 0.6) is 0 Å². The average Bonchev–Trinajstić information content (AvgIpc) is 2.64. The smallest absolute Gasteiger partial charge is 0.303 e. The predicted octanol–water partition coefficient (Wildman–Crippen LogP) is 2.49. The van der Waals surface area contributed by atoms with E-state index in [-0.39, 0.29) is 17.7 Å². The molecule has 0 aromatic heterocycles. The van der Waals surface area contributed by atoms with Crippen LogP contribution in [-0.4, -0.2) is 23.5 Å². The Morgan fingerprint density at radius 2 is 1.83 bits per heavy atom. The summed E-state index contributed by atoms with van der Waals surface area (Å²) >= 11 is 0. The van der Waals surface area contributed by atoms with Crippen molar-refractivity contribution in [1.82, 2.24) is 5.32 Å². The summed E-state index contributed by atoms with van der Waals surface area (Å²) in [5.41, 5.74) is 0.859. The van der Waals surface area contributed by atoms with E-state index < -0.39 is 5.97 Å². The molecule has 0 aromatic rings. The van der Waals surface area contributed by atoms with E-state index in [4.69, 9.17) is 5.11 Å². The molecule has 18 heavy (non-hydrogen) atoms. The minimum absolute atomic E-state index is 0.0318. The van der Waals surface area contributed by atoms with Gasteiger partial charge in [-0.3, -0.25) is 9.59 Å². The van der Waals surface area contributed by atoms with Crippen LogP contribution in [0.4, 0.5) is 0 Å². The van der Waals surface area contributed by atoms with Gasteiger partial charge in [-0.15, -0.1) is 0 Å². The molecule has 1 aliphatic carbocycles. The van der Waals surface area contributed by atoms with Gasteiger partial charge in [0.25, 0.3) is 0 Å². The van der Waals surface area contributed by atoms with Crippen molar-refractivity contribution in [2.24, 2.45) is 5.41 Å². The third-order valence-corrected chi connectivity index (χ3v) is 3.54. The normalized spacial score (nSPS) is 17.2. The van der Waals surface area contributed by atoms with Gasteiger partial charge in [0.2, 0.25) is 5.91 Å². The van der Waals surface area contributed by atoms with Gasteiger partial charge >= 0.3 is 5.97 Å². The third-order valence-electron chi connectivity index (χ3n) is 3.54. The first kappa shape index (κ1) is 14.7. The molecule has 0 aliphatic heterocycles. The van der Waals surface area contributed by atoms with Gasteiger partial charge in [0.05, 0.1) is 6.42 Å². The summed E-state index contributed by atoms with van der Waals surface area (Å²) in [7, 11) is 0. The monoisotopic (exact) mass is 253 g/mol. The molecule has 0 radical (unpaired) electrons. The van der Waals surface area contributed by atoms with Gasteiger partial charge in [-0.2, -0.15) is 0 Å². The van der Waals surface area contributed by atoms with Crippen molar-refractivity contribution in [3.63, 3.8) is 0 Å². The quantitative estimate of drug-likeness (QED) is 0.715. The minimum Gasteiger partial charge on any atom is -0.481 e. The van der Waals surface area contributed by atoms with Gasteiger partial charge in [-0.1, -0.05) is 24.5 Å². The highest BCUT2D eigenvalue weighted by molar-refractivity contribution is 5.78. The van der Waals surface area contributed by atoms with E-state index in [2.05, 4.69) is 5.32 Å². The summed E-state index contributed by atoms with van der Waals surface area (Å²) in [5.74, 6) is -0.829. The highest BCUT2D eigenvalue weighted by Gasteiger charge is 2.37. The van der Waals surface area contributed by atoms with E-state index >= 15 is 0 Å². The highest BCUT2D eigenvalue weighted by atomic mass is 16.4. The number of rotatable bonds is 6. The van der Waals surface area contributed by atoms with Crippen LogP contribution in [0.1, 0.15) is 52.4 Å². The molecule has 2 N–H and O–H groups in total. The van der Waals surface area contributed by atoms with Crippen LogP contribution in [0.3, 0.4) is 0 Å². The number of nitrogens with one attached hydrogen (secondary N) is 1. The molecular weight excluding hydrogens is 230 g/mol. The SMILES string of the molecule is CC(C)=CCNC(=O)CC1(CC(=O)O)CCCC1. The molecule has 4 heteroatoms. The lowest BCUT2D eigenvalue weighted by Crippen LogP contribution is -2.32. The summed E-state index contributed by atoms with van der Waals surface area (Å²) in [6.07, 6.45) is 6.20. The second-order valence-electron chi connectivity index (χ2n) is 5.54. The van der Waals surface area contributed by atoms with Crippen molar-refractivity contribution in [2.45, 2.75) is 52.4 Å². The number of carbonyl (C=O) groups is 2. The number of hydrogen-bond acceptors (Lipinski definition) is 2. The van der Waals surface area contributed by atoms with Crippen molar-refractivity contribution in [2.75, 3.05) is 6.54 Å². The van der Waals surface area contributed by atoms with Crippen LogP contribution in [-0.2, 0) is 9.59 Å². The second-order valence-corrected chi connectivity index (χ2v) is 5.54. The van der Waals surface area contributed by atoms with E-state index in [1.54, 1.807) is 0 Å². The first-order valence-electron chi connectivity index (χ1n) is 6.55. The Morgan fingerprint density at radius 3 is 2.33 bits per heavy atom. The zero-order chi connectivity index (χ0) is 13.6. The van der Waals surface area contributed by atoms with Crippen LogP contribution in [0, 0.1) is 5.41 Å².